The summed E-state index contributed by atoms with van der Waals surface area (Å²) in [5.74, 6) is -0.105. The van der Waals surface area contributed by atoms with E-state index in [9.17, 15) is 18.8 Å². The number of hydrogen-bond acceptors (Lipinski definition) is 7. The maximum atomic E-state index is 13.7. The Balaban J connectivity index is 1.64. The molecule has 0 saturated carbocycles. The zero-order valence-electron chi connectivity index (χ0n) is 25.0. The van der Waals surface area contributed by atoms with Crippen molar-refractivity contribution in [3.05, 3.63) is 101 Å². The van der Waals surface area contributed by atoms with E-state index in [1.807, 2.05) is 13.8 Å². The van der Waals surface area contributed by atoms with Gasteiger partial charge in [-0.1, -0.05) is 31.2 Å². The number of benzene rings is 3. The van der Waals surface area contributed by atoms with Crippen LogP contribution in [0.4, 0.5) is 9.18 Å². The van der Waals surface area contributed by atoms with Gasteiger partial charge in [-0.25, -0.2) is 9.18 Å². The fourth-order valence-corrected chi connectivity index (χ4v) is 4.61. The Labute approximate surface area is 255 Å². The summed E-state index contributed by atoms with van der Waals surface area (Å²) in [6.07, 6.45) is 4.30. The summed E-state index contributed by atoms with van der Waals surface area (Å²) in [7, 11) is 1.51. The summed E-state index contributed by atoms with van der Waals surface area (Å²) in [6.45, 7) is 8.45. The largest absolute Gasteiger partial charge is 0.493 e. The number of carbonyl (C=O) groups is 3. The Bertz CT molecular complexity index is 1580. The molecule has 10 heteroatoms. The maximum Gasteiger partial charge on any atom is 0.331 e. The lowest BCUT2D eigenvalue weighted by molar-refractivity contribution is -0.130. The molecule has 3 aromatic carbocycles. The van der Waals surface area contributed by atoms with E-state index >= 15 is 0 Å². The number of nitrogens with one attached hydrogen (secondary N) is 1. The molecule has 0 unspecified atom stereocenters. The van der Waals surface area contributed by atoms with Crippen molar-refractivity contribution in [3.8, 4) is 23.0 Å². The molecule has 0 atom stereocenters. The van der Waals surface area contributed by atoms with Crippen molar-refractivity contribution in [1.82, 2.24) is 10.2 Å². The molecule has 0 aromatic heterocycles. The van der Waals surface area contributed by atoms with Gasteiger partial charge in [0.2, 0.25) is 0 Å². The molecule has 0 aliphatic carbocycles. The van der Waals surface area contributed by atoms with Crippen LogP contribution in [-0.2, 0) is 29.2 Å². The highest BCUT2D eigenvalue weighted by molar-refractivity contribution is 6.31. The minimum atomic E-state index is -0.828. The van der Waals surface area contributed by atoms with E-state index in [0.717, 1.165) is 11.3 Å². The molecule has 0 bridgehead atoms. The van der Waals surface area contributed by atoms with Crippen LogP contribution in [0.1, 0.15) is 42.5 Å². The maximum absolute atomic E-state index is 13.7. The Morgan fingerprint density at radius 3 is 2.45 bits per heavy atom. The van der Waals surface area contributed by atoms with E-state index in [2.05, 4.69) is 11.9 Å². The molecule has 4 amide bonds. The van der Waals surface area contributed by atoms with Crippen LogP contribution >= 0.6 is 0 Å². The molecule has 9 nitrogen and oxygen atoms in total. The highest BCUT2D eigenvalue weighted by Crippen LogP contribution is 2.36. The SMILES string of the molecule is C=CCc1cc(/C=C2\C(=O)NC(=O)N(Cc3ccc(OCCC)c(OC)c3)C2=O)cc(OCC)c1OCc1cccc(F)c1. The number of carbonyl (C=O) groups excluding carboxylic acids is 3. The molecule has 0 radical (unpaired) electrons. The third-order valence-electron chi connectivity index (χ3n) is 6.62. The number of methoxy groups -OCH3 is 1. The summed E-state index contributed by atoms with van der Waals surface area (Å²) in [4.78, 5) is 40.1. The zero-order valence-corrected chi connectivity index (χ0v) is 25.0. The predicted molar refractivity (Wildman–Crippen MR) is 163 cm³/mol. The van der Waals surface area contributed by atoms with Gasteiger partial charge >= 0.3 is 6.03 Å². The van der Waals surface area contributed by atoms with Gasteiger partial charge in [0.05, 0.1) is 26.9 Å². The van der Waals surface area contributed by atoms with Crippen LogP contribution in [-0.4, -0.2) is 43.1 Å². The average molecular weight is 603 g/mol. The second-order valence-corrected chi connectivity index (χ2v) is 9.89. The summed E-state index contributed by atoms with van der Waals surface area (Å²) in [5, 5.41) is 2.25. The summed E-state index contributed by atoms with van der Waals surface area (Å²) >= 11 is 0. The van der Waals surface area contributed by atoms with Crippen LogP contribution in [0.5, 0.6) is 23.0 Å². The fourth-order valence-electron chi connectivity index (χ4n) is 4.61. The van der Waals surface area contributed by atoms with E-state index in [4.69, 9.17) is 18.9 Å². The molecular weight excluding hydrogens is 567 g/mol. The Hall–Kier alpha value is -5.12. The topological polar surface area (TPSA) is 103 Å². The number of imide groups is 2. The summed E-state index contributed by atoms with van der Waals surface area (Å²) < 4.78 is 36.7. The minimum Gasteiger partial charge on any atom is -0.493 e. The highest BCUT2D eigenvalue weighted by Gasteiger charge is 2.36. The van der Waals surface area contributed by atoms with Crippen molar-refractivity contribution < 1.29 is 37.7 Å². The van der Waals surface area contributed by atoms with Gasteiger partial charge in [-0.05, 0) is 78.9 Å². The summed E-state index contributed by atoms with van der Waals surface area (Å²) in [6, 6.07) is 13.8. The van der Waals surface area contributed by atoms with Gasteiger partial charge in [-0.15, -0.1) is 6.58 Å². The molecule has 0 spiro atoms. The first-order valence-corrected chi connectivity index (χ1v) is 14.2. The molecule has 1 heterocycles. The van der Waals surface area contributed by atoms with Gasteiger partial charge in [0.25, 0.3) is 11.8 Å². The molecule has 1 N–H and O–H groups in total. The monoisotopic (exact) mass is 602 g/mol. The number of urea groups is 1. The molecule has 230 valence electrons. The molecule has 1 aliphatic heterocycles. The van der Waals surface area contributed by atoms with Gasteiger partial charge in [-0.2, -0.15) is 0 Å². The quantitative estimate of drug-likeness (QED) is 0.137. The van der Waals surface area contributed by atoms with Gasteiger partial charge < -0.3 is 18.9 Å². The van der Waals surface area contributed by atoms with Gasteiger partial charge in [0, 0.05) is 5.56 Å². The van der Waals surface area contributed by atoms with Gasteiger partial charge in [0.15, 0.2) is 23.0 Å². The third-order valence-corrected chi connectivity index (χ3v) is 6.62. The molecule has 1 aliphatic rings. The molecule has 44 heavy (non-hydrogen) atoms. The normalized spacial score (nSPS) is 14.0. The van der Waals surface area contributed by atoms with Gasteiger partial charge in [-0.3, -0.25) is 19.8 Å². The standard InChI is InChI=1S/C34H35FN2O7/c1-5-9-25-15-24(19-30(42-7-3)31(25)44-21-23-10-8-11-26(35)16-23)17-27-32(38)36-34(40)37(33(27)39)20-22-12-13-28(43-14-6-2)29(18-22)41-4/h5,8,10-13,15-19H,1,6-7,9,14,20-21H2,2-4H3,(H,36,38,40)/b27-17+. The second kappa shape index (κ2) is 14.9. The Morgan fingerprint density at radius 1 is 0.932 bits per heavy atom. The van der Waals surface area contributed by atoms with Crippen LogP contribution < -0.4 is 24.3 Å². The van der Waals surface area contributed by atoms with Crippen molar-refractivity contribution in [2.45, 2.75) is 39.8 Å². The molecule has 1 fully saturated rings. The van der Waals surface area contributed by atoms with E-state index in [1.54, 1.807) is 48.5 Å². The van der Waals surface area contributed by atoms with Crippen LogP contribution in [0, 0.1) is 5.82 Å². The average Bonchev–Trinajstić information content (AvgIpc) is 3.00. The Kier molecular flexibility index (Phi) is 10.7. The number of allylic oxidation sites excluding steroid dienone is 1. The lowest BCUT2D eigenvalue weighted by Crippen LogP contribution is -2.53. The van der Waals surface area contributed by atoms with Crippen LogP contribution in [0.25, 0.3) is 6.08 Å². The van der Waals surface area contributed by atoms with Crippen molar-refractivity contribution in [2.75, 3.05) is 20.3 Å². The molecule has 3 aromatic rings. The van der Waals surface area contributed by atoms with Gasteiger partial charge in [0.1, 0.15) is 18.0 Å². The van der Waals surface area contributed by atoms with Crippen molar-refractivity contribution >= 4 is 23.9 Å². The van der Waals surface area contributed by atoms with Crippen molar-refractivity contribution in [1.29, 1.82) is 0 Å². The molecule has 1 saturated heterocycles. The van der Waals surface area contributed by atoms with E-state index in [0.29, 0.717) is 64.9 Å². The number of barbiturate groups is 1. The fraction of sp³-hybridized carbons (Fsp3) is 0.265. The van der Waals surface area contributed by atoms with E-state index < -0.39 is 17.8 Å². The van der Waals surface area contributed by atoms with E-state index in [1.165, 1.54) is 25.3 Å². The third kappa shape index (κ3) is 7.63. The number of nitrogens with zero attached hydrogens (tertiary/aromatic N) is 1. The first kappa shape index (κ1) is 31.8. The first-order valence-electron chi connectivity index (χ1n) is 14.2. The number of amides is 4. The molecular formula is C34H35FN2O7. The predicted octanol–water partition coefficient (Wildman–Crippen LogP) is 5.99. The lowest BCUT2D eigenvalue weighted by Gasteiger charge is -2.26. The second-order valence-electron chi connectivity index (χ2n) is 9.89. The van der Waals surface area contributed by atoms with Crippen molar-refractivity contribution in [3.63, 3.8) is 0 Å². The number of halogens is 1. The minimum absolute atomic E-state index is 0.0941. The van der Waals surface area contributed by atoms with Crippen molar-refractivity contribution in [2.24, 2.45) is 0 Å². The smallest absolute Gasteiger partial charge is 0.331 e. The zero-order chi connectivity index (χ0) is 31.6. The number of rotatable bonds is 14. The number of ether oxygens (including phenoxy) is 4. The van der Waals surface area contributed by atoms with E-state index in [-0.39, 0.29) is 24.5 Å². The summed E-state index contributed by atoms with van der Waals surface area (Å²) in [5.41, 5.74) is 2.19. The van der Waals surface area contributed by atoms with Crippen LogP contribution in [0.2, 0.25) is 0 Å². The van der Waals surface area contributed by atoms with Crippen LogP contribution in [0.15, 0.2) is 72.8 Å². The number of hydrogen-bond donors (Lipinski definition) is 1. The Morgan fingerprint density at radius 2 is 1.75 bits per heavy atom. The van der Waals surface area contributed by atoms with Crippen LogP contribution in [0.3, 0.4) is 0 Å². The first-order chi connectivity index (χ1) is 21.3. The lowest BCUT2D eigenvalue weighted by atomic mass is 10.0. The molecule has 4 rings (SSSR count). The highest BCUT2D eigenvalue weighted by atomic mass is 19.1.